The molecule has 0 heterocycles. The maximum Gasteiger partial charge on any atom is 0.446 e. The zero-order chi connectivity index (χ0) is 11.5. The summed E-state index contributed by atoms with van der Waals surface area (Å²) in [5, 5.41) is 0. The molecule has 1 aromatic carbocycles. The Morgan fingerprint density at radius 1 is 1.40 bits per heavy atom. The third-order valence-corrected chi connectivity index (χ3v) is 2.21. The molecule has 82 valence electrons. The number of halogens is 3. The zero-order valence-electron chi connectivity index (χ0n) is 7.67. The Morgan fingerprint density at radius 3 is 2.60 bits per heavy atom. The van der Waals surface area contributed by atoms with Crippen molar-refractivity contribution in [2.24, 2.45) is 0 Å². The summed E-state index contributed by atoms with van der Waals surface area (Å²) < 4.78 is 40.4. The van der Waals surface area contributed by atoms with Crippen LogP contribution in [0, 0.1) is 0 Å². The van der Waals surface area contributed by atoms with Gasteiger partial charge in [0, 0.05) is 4.90 Å². The van der Waals surface area contributed by atoms with Crippen LogP contribution in [0.3, 0.4) is 0 Å². The fourth-order valence-electron chi connectivity index (χ4n) is 0.938. The van der Waals surface area contributed by atoms with Crippen molar-refractivity contribution in [3.05, 3.63) is 29.8 Å². The quantitative estimate of drug-likeness (QED) is 0.583. The van der Waals surface area contributed by atoms with Crippen molar-refractivity contribution < 1.29 is 22.7 Å². The molecular weight excluding hydrogens is 229 g/mol. The molecule has 0 radical (unpaired) electrons. The molecule has 0 aliphatic carbocycles. The molecular formula is C9H7F3O2S. The van der Waals surface area contributed by atoms with Gasteiger partial charge in [0.25, 0.3) is 0 Å². The Bertz CT molecular complexity index is 363. The maximum absolute atomic E-state index is 12.0. The van der Waals surface area contributed by atoms with Crippen LogP contribution in [0.1, 0.15) is 10.4 Å². The molecule has 1 rings (SSSR count). The monoisotopic (exact) mass is 236 g/mol. The van der Waals surface area contributed by atoms with Crippen LogP contribution < -0.4 is 0 Å². The van der Waals surface area contributed by atoms with E-state index in [1.807, 2.05) is 0 Å². The number of alkyl halides is 3. The molecule has 0 saturated carbocycles. The van der Waals surface area contributed by atoms with Gasteiger partial charge in [-0.25, -0.2) is 4.79 Å². The third kappa shape index (κ3) is 3.83. The minimum atomic E-state index is -4.35. The fourth-order valence-corrected chi connectivity index (χ4v) is 1.54. The lowest BCUT2D eigenvalue weighted by atomic mass is 10.2. The van der Waals surface area contributed by atoms with Crippen LogP contribution in [-0.2, 0) is 4.74 Å². The fraction of sp³-hybridized carbons (Fsp3) is 0.222. The first-order chi connectivity index (χ1) is 6.92. The Kier molecular flexibility index (Phi) is 3.62. The van der Waals surface area contributed by atoms with E-state index in [1.54, 1.807) is 0 Å². The van der Waals surface area contributed by atoms with E-state index < -0.39 is 11.5 Å². The van der Waals surface area contributed by atoms with E-state index in [4.69, 9.17) is 0 Å². The molecule has 6 heteroatoms. The summed E-state index contributed by atoms with van der Waals surface area (Å²) in [6.45, 7) is 0. The predicted octanol–water partition coefficient (Wildman–Crippen LogP) is 3.09. The van der Waals surface area contributed by atoms with Crippen LogP contribution in [-0.4, -0.2) is 18.6 Å². The normalized spacial score (nSPS) is 11.2. The number of rotatable bonds is 2. The molecule has 0 N–H and O–H groups in total. The minimum absolute atomic E-state index is 0.0367. The van der Waals surface area contributed by atoms with Gasteiger partial charge in [0.1, 0.15) is 0 Å². The van der Waals surface area contributed by atoms with Gasteiger partial charge in [-0.2, -0.15) is 13.2 Å². The number of thioether (sulfide) groups is 1. The number of methoxy groups -OCH3 is 1. The maximum atomic E-state index is 12.0. The molecule has 0 aliphatic heterocycles. The number of esters is 1. The number of carbonyl (C=O) groups excluding carboxylic acids is 1. The van der Waals surface area contributed by atoms with Gasteiger partial charge >= 0.3 is 11.5 Å². The highest BCUT2D eigenvalue weighted by molar-refractivity contribution is 8.00. The Labute approximate surface area is 88.4 Å². The summed E-state index contributed by atoms with van der Waals surface area (Å²) in [5.74, 6) is -0.653. The van der Waals surface area contributed by atoms with E-state index >= 15 is 0 Å². The van der Waals surface area contributed by atoms with Crippen LogP contribution in [0.15, 0.2) is 29.2 Å². The summed E-state index contributed by atoms with van der Waals surface area (Å²) in [6, 6.07) is 5.20. The summed E-state index contributed by atoms with van der Waals surface area (Å²) in [4.78, 5) is 11.0. The van der Waals surface area contributed by atoms with Crippen LogP contribution in [0.2, 0.25) is 0 Å². The van der Waals surface area contributed by atoms with Gasteiger partial charge in [-0.05, 0) is 30.0 Å². The van der Waals surface area contributed by atoms with Gasteiger partial charge < -0.3 is 4.74 Å². The van der Waals surface area contributed by atoms with Gasteiger partial charge in [0.2, 0.25) is 0 Å². The SMILES string of the molecule is COC(=O)c1cccc(SC(F)(F)F)c1. The van der Waals surface area contributed by atoms with Crippen molar-refractivity contribution >= 4 is 17.7 Å². The number of benzene rings is 1. The van der Waals surface area contributed by atoms with Crippen LogP contribution in [0.25, 0.3) is 0 Å². The molecule has 1 aromatic rings. The molecule has 0 unspecified atom stereocenters. The highest BCUT2D eigenvalue weighted by Gasteiger charge is 2.29. The van der Waals surface area contributed by atoms with Crippen LogP contribution in [0.4, 0.5) is 13.2 Å². The van der Waals surface area contributed by atoms with Crippen molar-refractivity contribution in [1.29, 1.82) is 0 Å². The zero-order valence-corrected chi connectivity index (χ0v) is 8.48. The predicted molar refractivity (Wildman–Crippen MR) is 49.7 cm³/mol. The topological polar surface area (TPSA) is 26.3 Å². The highest BCUT2D eigenvalue weighted by atomic mass is 32.2. The molecule has 2 nitrogen and oxygen atoms in total. The standard InChI is InChI=1S/C9H7F3O2S/c1-14-8(13)6-3-2-4-7(5-6)15-9(10,11)12/h2-5H,1H3. The lowest BCUT2D eigenvalue weighted by Gasteiger charge is -2.06. The first-order valence-electron chi connectivity index (χ1n) is 3.86. The van der Waals surface area contributed by atoms with Gasteiger partial charge in [-0.1, -0.05) is 6.07 Å². The second-order valence-corrected chi connectivity index (χ2v) is 3.71. The Hall–Kier alpha value is -1.17. The second kappa shape index (κ2) is 4.57. The molecule has 0 aliphatic rings. The van der Waals surface area contributed by atoms with Crippen molar-refractivity contribution in [3.8, 4) is 0 Å². The van der Waals surface area contributed by atoms with Crippen molar-refractivity contribution in [3.63, 3.8) is 0 Å². The first kappa shape index (κ1) is 11.9. The van der Waals surface area contributed by atoms with E-state index in [0.717, 1.165) is 6.07 Å². The molecule has 0 atom stereocenters. The molecule has 0 spiro atoms. The van der Waals surface area contributed by atoms with E-state index in [0.29, 0.717) is 0 Å². The van der Waals surface area contributed by atoms with Gasteiger partial charge in [0.15, 0.2) is 0 Å². The number of hydrogen-bond donors (Lipinski definition) is 0. The third-order valence-electron chi connectivity index (χ3n) is 1.49. The number of hydrogen-bond acceptors (Lipinski definition) is 3. The molecule has 0 saturated heterocycles. The van der Waals surface area contributed by atoms with Gasteiger partial charge in [-0.3, -0.25) is 0 Å². The second-order valence-electron chi connectivity index (χ2n) is 2.57. The minimum Gasteiger partial charge on any atom is -0.465 e. The Balaban J connectivity index is 2.88. The van der Waals surface area contributed by atoms with Crippen LogP contribution in [0.5, 0.6) is 0 Å². The number of ether oxygens (including phenoxy) is 1. The Morgan fingerprint density at radius 2 is 2.07 bits per heavy atom. The smallest absolute Gasteiger partial charge is 0.446 e. The van der Waals surface area contributed by atoms with Crippen LogP contribution >= 0.6 is 11.8 Å². The lowest BCUT2D eigenvalue weighted by Crippen LogP contribution is -2.02. The molecule has 0 amide bonds. The summed E-state index contributed by atoms with van der Waals surface area (Å²) >= 11 is -0.265. The molecule has 0 fully saturated rings. The van der Waals surface area contributed by atoms with E-state index in [-0.39, 0.29) is 22.2 Å². The van der Waals surface area contributed by atoms with E-state index in [9.17, 15) is 18.0 Å². The van der Waals surface area contributed by atoms with E-state index in [1.165, 1.54) is 25.3 Å². The molecule has 0 aromatic heterocycles. The summed E-state index contributed by atoms with van der Waals surface area (Å²) in [6.07, 6.45) is 0. The number of carbonyl (C=O) groups is 1. The molecule has 15 heavy (non-hydrogen) atoms. The summed E-state index contributed by atoms with van der Waals surface area (Å²) in [5.41, 5.74) is -4.25. The van der Waals surface area contributed by atoms with Gasteiger partial charge in [-0.15, -0.1) is 0 Å². The van der Waals surface area contributed by atoms with E-state index in [2.05, 4.69) is 4.74 Å². The van der Waals surface area contributed by atoms with Gasteiger partial charge in [0.05, 0.1) is 12.7 Å². The molecule has 0 bridgehead atoms. The largest absolute Gasteiger partial charge is 0.465 e. The van der Waals surface area contributed by atoms with Crippen molar-refractivity contribution in [1.82, 2.24) is 0 Å². The van der Waals surface area contributed by atoms with Crippen molar-refractivity contribution in [2.45, 2.75) is 10.4 Å². The first-order valence-corrected chi connectivity index (χ1v) is 4.68. The average molecular weight is 236 g/mol. The summed E-state index contributed by atoms with van der Waals surface area (Å²) in [7, 11) is 1.17. The van der Waals surface area contributed by atoms with Crippen molar-refractivity contribution in [2.75, 3.05) is 7.11 Å². The lowest BCUT2D eigenvalue weighted by molar-refractivity contribution is -0.0328. The average Bonchev–Trinajstić information content (AvgIpc) is 2.14. The highest BCUT2D eigenvalue weighted by Crippen LogP contribution is 2.36.